The van der Waals surface area contributed by atoms with Crippen molar-refractivity contribution in [3.8, 4) is 0 Å². The van der Waals surface area contributed by atoms with Crippen LogP contribution in [-0.4, -0.2) is 65.5 Å². The minimum absolute atomic E-state index is 0.0911. The van der Waals surface area contributed by atoms with Gasteiger partial charge in [-0.2, -0.15) is 0 Å². The molecule has 1 aromatic carbocycles. The first-order valence-corrected chi connectivity index (χ1v) is 14.3. The van der Waals surface area contributed by atoms with E-state index in [-0.39, 0.29) is 30.7 Å². The molecule has 0 saturated carbocycles. The van der Waals surface area contributed by atoms with Gasteiger partial charge < -0.3 is 15.4 Å². The molecule has 1 fully saturated rings. The van der Waals surface area contributed by atoms with Crippen LogP contribution in [0.15, 0.2) is 56.3 Å². The Morgan fingerprint density at radius 2 is 1.92 bits per heavy atom. The van der Waals surface area contributed by atoms with Gasteiger partial charge in [0.1, 0.15) is 19.1 Å². The highest BCUT2D eigenvalue weighted by molar-refractivity contribution is 7.93. The summed E-state index contributed by atoms with van der Waals surface area (Å²) in [6, 6.07) is 6.22. The van der Waals surface area contributed by atoms with E-state index in [4.69, 9.17) is 12.6 Å². The largest absolute Gasteiger partial charge is 0.442 e. The summed E-state index contributed by atoms with van der Waals surface area (Å²) in [6.45, 7) is 8.98. The number of benzene rings is 1. The molecule has 2 N–H and O–H groups in total. The van der Waals surface area contributed by atoms with Crippen LogP contribution in [0.25, 0.3) is 0 Å². The number of ether oxygens (including phenoxy) is 1. The molecular formula is C26H35BF2N4O4S. The number of rotatable bonds is 4. The Hall–Kier alpha value is -2.73. The van der Waals surface area contributed by atoms with E-state index in [1.54, 1.807) is 59.0 Å². The molecule has 2 heterocycles. The number of allylic oxidation sites excluding steroid dienone is 2. The van der Waals surface area contributed by atoms with E-state index >= 15 is 0 Å². The maximum absolute atomic E-state index is 14.1. The standard InChI is InChI=1S/C26H35BF2N4O4S/c1-17-20(27)16-30-25(5,33-13-8-11-26(28,29)12-14-33)21(17)22(34)31-18-9-7-10-19(15-18)38(6,36)32-23(35)37-24(2,3)4/h7,9-10,15-16,30H,8,11-14H2,1-6H3,(H,31,34). The lowest BCUT2D eigenvalue weighted by Crippen LogP contribution is -2.60. The van der Waals surface area contributed by atoms with Gasteiger partial charge >= 0.3 is 6.09 Å². The van der Waals surface area contributed by atoms with Crippen LogP contribution in [0, 0.1) is 0 Å². The number of carbonyl (C=O) groups is 2. The maximum Gasteiger partial charge on any atom is 0.442 e. The van der Waals surface area contributed by atoms with E-state index in [0.29, 0.717) is 28.9 Å². The van der Waals surface area contributed by atoms with E-state index in [1.807, 2.05) is 4.90 Å². The van der Waals surface area contributed by atoms with Gasteiger partial charge in [-0.15, -0.1) is 4.36 Å². The zero-order valence-corrected chi connectivity index (χ0v) is 23.5. The average molecular weight is 548 g/mol. The molecule has 0 aliphatic carbocycles. The van der Waals surface area contributed by atoms with Crippen molar-refractivity contribution in [2.24, 2.45) is 4.36 Å². The lowest BCUT2D eigenvalue weighted by Gasteiger charge is -2.45. The van der Waals surface area contributed by atoms with Crippen molar-refractivity contribution in [3.63, 3.8) is 0 Å². The van der Waals surface area contributed by atoms with Crippen molar-refractivity contribution in [2.45, 2.75) is 76.0 Å². The summed E-state index contributed by atoms with van der Waals surface area (Å²) >= 11 is 0. The summed E-state index contributed by atoms with van der Waals surface area (Å²) < 4.78 is 50.3. The van der Waals surface area contributed by atoms with Crippen LogP contribution in [-0.2, 0) is 19.3 Å². The molecule has 0 spiro atoms. The summed E-state index contributed by atoms with van der Waals surface area (Å²) in [5.74, 6) is -3.25. The van der Waals surface area contributed by atoms with Crippen molar-refractivity contribution in [1.82, 2.24) is 10.2 Å². The van der Waals surface area contributed by atoms with Gasteiger partial charge in [-0.05, 0) is 71.0 Å². The van der Waals surface area contributed by atoms with E-state index in [0.717, 1.165) is 0 Å². The van der Waals surface area contributed by atoms with Gasteiger partial charge in [-0.3, -0.25) is 9.69 Å². The Morgan fingerprint density at radius 3 is 2.58 bits per heavy atom. The molecule has 0 bridgehead atoms. The molecule has 1 saturated heterocycles. The van der Waals surface area contributed by atoms with E-state index in [9.17, 15) is 22.6 Å². The predicted molar refractivity (Wildman–Crippen MR) is 145 cm³/mol. The summed E-state index contributed by atoms with van der Waals surface area (Å²) in [6.07, 6.45) is 1.71. The highest BCUT2D eigenvalue weighted by Gasteiger charge is 2.44. The van der Waals surface area contributed by atoms with E-state index in [2.05, 4.69) is 15.0 Å². The Labute approximate surface area is 224 Å². The minimum Gasteiger partial charge on any atom is -0.442 e. The normalized spacial score (nSPS) is 23.8. The van der Waals surface area contributed by atoms with Crippen molar-refractivity contribution < 1.29 is 27.3 Å². The fourth-order valence-corrected chi connectivity index (χ4v) is 5.64. The maximum atomic E-state index is 14.1. The number of anilines is 1. The second kappa shape index (κ2) is 10.8. The van der Waals surface area contributed by atoms with Gasteiger partial charge in [-0.1, -0.05) is 11.5 Å². The zero-order valence-electron chi connectivity index (χ0n) is 22.7. The average Bonchev–Trinajstić information content (AvgIpc) is 2.96. The van der Waals surface area contributed by atoms with Crippen LogP contribution in [0.3, 0.4) is 0 Å². The lowest BCUT2D eigenvalue weighted by atomic mass is 9.79. The summed E-state index contributed by atoms with van der Waals surface area (Å²) in [5.41, 5.74) is -0.384. The molecule has 3 rings (SSSR count). The highest BCUT2D eigenvalue weighted by Crippen LogP contribution is 2.36. The first-order valence-electron chi connectivity index (χ1n) is 12.4. The zero-order chi connectivity index (χ0) is 28.5. The van der Waals surface area contributed by atoms with Gasteiger partial charge in [0.05, 0.1) is 15.3 Å². The third-order valence-corrected chi connectivity index (χ3v) is 8.18. The molecular weight excluding hydrogens is 513 g/mol. The molecule has 2 atom stereocenters. The third-order valence-electron chi connectivity index (χ3n) is 6.55. The van der Waals surface area contributed by atoms with Crippen LogP contribution < -0.4 is 10.6 Å². The molecule has 0 aromatic heterocycles. The number of carbonyl (C=O) groups excluding carboxylic acids is 2. The van der Waals surface area contributed by atoms with Crippen LogP contribution in [0.5, 0.6) is 0 Å². The topological polar surface area (TPSA) is 100 Å². The lowest BCUT2D eigenvalue weighted by molar-refractivity contribution is -0.114. The number of hydrogen-bond acceptors (Lipinski definition) is 6. The second-order valence-electron chi connectivity index (χ2n) is 10.9. The number of alkyl halides is 2. The summed E-state index contributed by atoms with van der Waals surface area (Å²) in [7, 11) is 2.95. The number of hydrogen-bond donors (Lipinski definition) is 2. The Morgan fingerprint density at radius 1 is 1.24 bits per heavy atom. The fourth-order valence-electron chi connectivity index (χ4n) is 4.54. The molecule has 2 amide bonds. The van der Waals surface area contributed by atoms with E-state index < -0.39 is 38.9 Å². The number of amides is 2. The fraction of sp³-hybridized carbons (Fsp3) is 0.538. The Bertz CT molecular complexity index is 1300. The number of nitrogens with one attached hydrogen (secondary N) is 2. The predicted octanol–water partition coefficient (Wildman–Crippen LogP) is 4.78. The molecule has 12 heteroatoms. The smallest absolute Gasteiger partial charge is 0.442 e. The van der Waals surface area contributed by atoms with Crippen molar-refractivity contribution in [2.75, 3.05) is 24.7 Å². The van der Waals surface area contributed by atoms with Crippen LogP contribution in [0.2, 0.25) is 0 Å². The van der Waals surface area contributed by atoms with E-state index in [1.165, 1.54) is 12.3 Å². The number of halogens is 2. The SMILES string of the molecule is [B]C1=CNC(C)(N2CCCC(F)(F)CC2)C(C(=O)Nc2cccc(S(C)(=O)=NC(=O)OC(C)(C)C)c2)=C1C. The second-order valence-corrected chi connectivity index (χ2v) is 13.1. The van der Waals surface area contributed by atoms with Gasteiger partial charge in [0.25, 0.3) is 5.91 Å². The minimum atomic E-state index is -3.17. The molecule has 206 valence electrons. The van der Waals surface area contributed by atoms with Crippen LogP contribution in [0.1, 0.15) is 53.9 Å². The monoisotopic (exact) mass is 548 g/mol. The van der Waals surface area contributed by atoms with Crippen molar-refractivity contribution >= 4 is 35.3 Å². The quantitative estimate of drug-likeness (QED) is 0.526. The number of likely N-dealkylation sites (tertiary alicyclic amines) is 1. The molecule has 2 unspecified atom stereocenters. The Balaban J connectivity index is 1.91. The molecule has 1 aromatic rings. The summed E-state index contributed by atoms with van der Waals surface area (Å²) in [4.78, 5) is 27.9. The summed E-state index contributed by atoms with van der Waals surface area (Å²) in [5, 5.41) is 5.97. The molecule has 2 aliphatic rings. The third kappa shape index (κ3) is 7.02. The van der Waals surface area contributed by atoms with Gasteiger partial charge in [0.2, 0.25) is 5.92 Å². The number of nitrogens with zero attached hydrogens (tertiary/aromatic N) is 2. The van der Waals surface area contributed by atoms with Gasteiger partial charge in [0, 0.05) is 42.8 Å². The first kappa shape index (κ1) is 29.8. The van der Waals surface area contributed by atoms with Gasteiger partial charge in [0.15, 0.2) is 0 Å². The molecule has 38 heavy (non-hydrogen) atoms. The number of dihydropyridines is 1. The van der Waals surface area contributed by atoms with Gasteiger partial charge in [-0.25, -0.2) is 17.8 Å². The molecule has 8 nitrogen and oxygen atoms in total. The highest BCUT2D eigenvalue weighted by atomic mass is 32.2. The molecule has 2 radical (unpaired) electrons. The molecule has 2 aliphatic heterocycles. The Kier molecular flexibility index (Phi) is 8.48. The van der Waals surface area contributed by atoms with Crippen LogP contribution in [0.4, 0.5) is 19.3 Å². The van der Waals surface area contributed by atoms with Crippen LogP contribution >= 0.6 is 0 Å². The van der Waals surface area contributed by atoms with Crippen molar-refractivity contribution in [1.29, 1.82) is 0 Å². The van der Waals surface area contributed by atoms with Crippen molar-refractivity contribution in [3.05, 3.63) is 47.1 Å². The first-order chi connectivity index (χ1) is 17.4.